The maximum Gasteiger partial charge on any atom is 0.233 e. The first kappa shape index (κ1) is 14.1. The van der Waals surface area contributed by atoms with Crippen LogP contribution in [-0.2, 0) is 9.53 Å². The Morgan fingerprint density at radius 2 is 2.21 bits per heavy atom. The number of aliphatic hydroxyl groups is 3. The van der Waals surface area contributed by atoms with Gasteiger partial charge >= 0.3 is 0 Å². The normalized spacial score (nSPS) is 37.6. The summed E-state index contributed by atoms with van der Waals surface area (Å²) in [5, 5.41) is 28.5. The van der Waals surface area contributed by atoms with Gasteiger partial charge in [-0.1, -0.05) is 6.08 Å². The van der Waals surface area contributed by atoms with Crippen LogP contribution in [0.25, 0.3) is 0 Å². The van der Waals surface area contributed by atoms with Crippen LogP contribution in [0, 0.1) is 5.92 Å². The zero-order valence-electron chi connectivity index (χ0n) is 10.6. The van der Waals surface area contributed by atoms with Gasteiger partial charge in [0.05, 0.1) is 19.1 Å². The lowest BCUT2D eigenvalue weighted by atomic mass is 10.1. The molecule has 1 saturated heterocycles. The van der Waals surface area contributed by atoms with Crippen LogP contribution in [0.3, 0.4) is 0 Å². The topological polar surface area (TPSA) is 103 Å². The van der Waals surface area contributed by atoms with E-state index in [1.807, 2.05) is 0 Å². The average molecular weight is 270 g/mol. The van der Waals surface area contributed by atoms with E-state index in [-0.39, 0.29) is 5.91 Å². The SMILES string of the molecule is CN(C(=O)C1C=CC=NC1)C1O[C@H](CO)[C@@H](O)[C@H]1O. The Morgan fingerprint density at radius 3 is 2.74 bits per heavy atom. The van der Waals surface area contributed by atoms with Gasteiger partial charge in [-0.2, -0.15) is 0 Å². The minimum atomic E-state index is -1.23. The first-order valence-electron chi connectivity index (χ1n) is 6.12. The van der Waals surface area contributed by atoms with Crippen molar-refractivity contribution in [2.75, 3.05) is 20.2 Å². The quantitative estimate of drug-likeness (QED) is 0.558. The lowest BCUT2D eigenvalue weighted by molar-refractivity contribution is -0.151. The van der Waals surface area contributed by atoms with Crippen molar-refractivity contribution < 1.29 is 24.9 Å². The molecule has 1 fully saturated rings. The van der Waals surface area contributed by atoms with Crippen molar-refractivity contribution in [3.05, 3.63) is 12.2 Å². The van der Waals surface area contributed by atoms with E-state index in [2.05, 4.69) is 4.99 Å². The molecule has 1 amide bonds. The van der Waals surface area contributed by atoms with E-state index in [4.69, 9.17) is 9.84 Å². The number of aliphatic imine (C=N–C) groups is 1. The summed E-state index contributed by atoms with van der Waals surface area (Å²) in [7, 11) is 1.49. The monoisotopic (exact) mass is 270 g/mol. The maximum absolute atomic E-state index is 12.2. The zero-order chi connectivity index (χ0) is 14.0. The Morgan fingerprint density at radius 1 is 1.47 bits per heavy atom. The van der Waals surface area contributed by atoms with E-state index in [1.165, 1.54) is 11.9 Å². The van der Waals surface area contributed by atoms with Crippen LogP contribution < -0.4 is 0 Å². The van der Waals surface area contributed by atoms with Gasteiger partial charge in [0, 0.05) is 13.3 Å². The van der Waals surface area contributed by atoms with Crippen molar-refractivity contribution in [1.29, 1.82) is 0 Å². The molecular formula is C12H18N2O5. The summed E-state index contributed by atoms with van der Waals surface area (Å²) in [6.07, 6.45) is 0.766. The molecule has 19 heavy (non-hydrogen) atoms. The van der Waals surface area contributed by atoms with Crippen LogP contribution in [0.4, 0.5) is 0 Å². The highest BCUT2D eigenvalue weighted by atomic mass is 16.6. The zero-order valence-corrected chi connectivity index (χ0v) is 10.6. The summed E-state index contributed by atoms with van der Waals surface area (Å²) in [4.78, 5) is 17.4. The number of nitrogens with zero attached hydrogens (tertiary/aromatic N) is 2. The Balaban J connectivity index is 2.03. The number of aliphatic hydroxyl groups excluding tert-OH is 3. The highest BCUT2D eigenvalue weighted by Crippen LogP contribution is 2.24. The first-order valence-corrected chi connectivity index (χ1v) is 6.12. The van der Waals surface area contributed by atoms with Crippen molar-refractivity contribution in [3.8, 4) is 0 Å². The molecule has 7 nitrogen and oxygen atoms in total. The molecule has 2 unspecified atom stereocenters. The lowest BCUT2D eigenvalue weighted by Gasteiger charge is -2.29. The molecule has 0 aromatic heterocycles. The van der Waals surface area contributed by atoms with Gasteiger partial charge in [0.1, 0.15) is 18.3 Å². The molecule has 0 aliphatic carbocycles. The van der Waals surface area contributed by atoms with E-state index < -0.39 is 37.1 Å². The van der Waals surface area contributed by atoms with E-state index >= 15 is 0 Å². The average Bonchev–Trinajstić information content (AvgIpc) is 2.74. The molecule has 0 bridgehead atoms. The van der Waals surface area contributed by atoms with Crippen LogP contribution in [0.1, 0.15) is 0 Å². The predicted octanol–water partition coefficient (Wildman–Crippen LogP) is -1.86. The third kappa shape index (κ3) is 2.69. The molecule has 3 N–H and O–H groups in total. The molecular weight excluding hydrogens is 252 g/mol. The number of likely N-dealkylation sites (N-methyl/N-ethyl adjacent to an activating group) is 1. The number of hydrogen-bond donors (Lipinski definition) is 3. The third-order valence-corrected chi connectivity index (χ3v) is 3.40. The van der Waals surface area contributed by atoms with Gasteiger partial charge in [-0.05, 0) is 6.08 Å². The van der Waals surface area contributed by atoms with Crippen molar-refractivity contribution in [1.82, 2.24) is 4.90 Å². The second kappa shape index (κ2) is 5.79. The molecule has 0 aromatic carbocycles. The molecule has 2 rings (SSSR count). The smallest absolute Gasteiger partial charge is 0.233 e. The lowest BCUT2D eigenvalue weighted by Crippen LogP contribution is -2.47. The van der Waals surface area contributed by atoms with Gasteiger partial charge in [0.15, 0.2) is 6.23 Å². The molecule has 106 valence electrons. The van der Waals surface area contributed by atoms with E-state index in [9.17, 15) is 15.0 Å². The highest BCUT2D eigenvalue weighted by molar-refractivity contribution is 5.84. The molecule has 5 atom stereocenters. The fourth-order valence-corrected chi connectivity index (χ4v) is 2.23. The summed E-state index contributed by atoms with van der Waals surface area (Å²) < 4.78 is 5.30. The number of allylic oxidation sites excluding steroid dienone is 1. The second-order valence-electron chi connectivity index (χ2n) is 4.68. The van der Waals surface area contributed by atoms with E-state index in [0.717, 1.165) is 0 Å². The summed E-state index contributed by atoms with van der Waals surface area (Å²) in [5.41, 5.74) is 0. The first-order chi connectivity index (χ1) is 9.06. The van der Waals surface area contributed by atoms with Crippen molar-refractivity contribution in [2.45, 2.75) is 24.5 Å². The molecule has 2 heterocycles. The van der Waals surface area contributed by atoms with Crippen LogP contribution in [0.5, 0.6) is 0 Å². The Hall–Kier alpha value is -1.28. The minimum absolute atomic E-state index is 0.247. The van der Waals surface area contributed by atoms with Gasteiger partial charge in [0.2, 0.25) is 5.91 Å². The molecule has 7 heteroatoms. The Bertz CT molecular complexity index is 398. The number of carbonyl (C=O) groups excluding carboxylic acids is 1. The minimum Gasteiger partial charge on any atom is -0.394 e. The summed E-state index contributed by atoms with van der Waals surface area (Å²) in [5.74, 6) is -0.640. The van der Waals surface area contributed by atoms with Gasteiger partial charge in [-0.15, -0.1) is 0 Å². The Kier molecular flexibility index (Phi) is 4.31. The number of amides is 1. The van der Waals surface area contributed by atoms with E-state index in [0.29, 0.717) is 6.54 Å². The van der Waals surface area contributed by atoms with Gasteiger partial charge < -0.3 is 25.0 Å². The summed E-state index contributed by atoms with van der Waals surface area (Å²) in [6, 6.07) is 0. The fourth-order valence-electron chi connectivity index (χ4n) is 2.23. The molecule has 0 spiro atoms. The van der Waals surface area contributed by atoms with Crippen molar-refractivity contribution >= 4 is 12.1 Å². The molecule has 2 aliphatic heterocycles. The maximum atomic E-state index is 12.2. The van der Waals surface area contributed by atoms with E-state index in [1.54, 1.807) is 18.4 Å². The second-order valence-corrected chi connectivity index (χ2v) is 4.68. The fraction of sp³-hybridized carbons (Fsp3) is 0.667. The van der Waals surface area contributed by atoms with Crippen molar-refractivity contribution in [3.63, 3.8) is 0 Å². The van der Waals surface area contributed by atoms with Crippen LogP contribution >= 0.6 is 0 Å². The number of rotatable bonds is 3. The highest BCUT2D eigenvalue weighted by Gasteiger charge is 2.46. The summed E-state index contributed by atoms with van der Waals surface area (Å²) >= 11 is 0. The number of dihydropyridines is 1. The Labute approximate surface area is 110 Å². The number of ether oxygens (including phenoxy) is 1. The summed E-state index contributed by atoms with van der Waals surface area (Å²) in [6.45, 7) is -0.0567. The molecule has 0 radical (unpaired) electrons. The molecule has 2 aliphatic rings. The van der Waals surface area contributed by atoms with Crippen LogP contribution in [0.15, 0.2) is 17.1 Å². The predicted molar refractivity (Wildman–Crippen MR) is 66.5 cm³/mol. The third-order valence-electron chi connectivity index (χ3n) is 3.40. The largest absolute Gasteiger partial charge is 0.394 e. The number of hydrogen-bond acceptors (Lipinski definition) is 6. The van der Waals surface area contributed by atoms with Gasteiger partial charge in [-0.3, -0.25) is 9.79 Å². The number of carbonyl (C=O) groups is 1. The van der Waals surface area contributed by atoms with Gasteiger partial charge in [0.25, 0.3) is 0 Å². The van der Waals surface area contributed by atoms with Crippen molar-refractivity contribution in [2.24, 2.45) is 10.9 Å². The standard InChI is InChI=1S/C12H18N2O5/c1-14(11(18)7-3-2-4-13-5-7)12-10(17)9(16)8(6-15)19-12/h2-4,7-10,12,15-17H,5-6H2,1H3/t7?,8-,9-,10-,12?/m1/s1. The van der Waals surface area contributed by atoms with Crippen LogP contribution in [-0.4, -0.2) is 77.1 Å². The van der Waals surface area contributed by atoms with Crippen LogP contribution in [0.2, 0.25) is 0 Å². The molecule has 0 saturated carbocycles. The molecule has 0 aromatic rings. The van der Waals surface area contributed by atoms with Gasteiger partial charge in [-0.25, -0.2) is 0 Å².